The molecule has 116 valence electrons. The Labute approximate surface area is 130 Å². The summed E-state index contributed by atoms with van der Waals surface area (Å²) >= 11 is 6.21. The van der Waals surface area contributed by atoms with Gasteiger partial charge in [-0.1, -0.05) is 23.7 Å². The zero-order valence-electron chi connectivity index (χ0n) is 11.7. The van der Waals surface area contributed by atoms with Gasteiger partial charge in [-0.3, -0.25) is 4.90 Å². The maximum absolute atomic E-state index is 11.6. The van der Waals surface area contributed by atoms with Crippen molar-refractivity contribution in [3.8, 4) is 0 Å². The minimum absolute atomic E-state index is 0.0697. The normalized spacial score (nSPS) is 29.7. The standard InChI is InChI=1S/C14H19ClN2O3S/c15-11-3-1-2-4-12(11)16-5-7-17(8-6-16)13-9-21(19,20)10-14(13)18/h1-4,13-14,18H,5-10H2/t13-,14-/m1/s1. The Bertz CT molecular complexity index is 614. The summed E-state index contributed by atoms with van der Waals surface area (Å²) in [7, 11) is -3.09. The monoisotopic (exact) mass is 330 g/mol. The first-order chi connectivity index (χ1) is 9.96. The Morgan fingerprint density at radius 1 is 1.10 bits per heavy atom. The van der Waals surface area contributed by atoms with Crippen LogP contribution < -0.4 is 4.90 Å². The summed E-state index contributed by atoms with van der Waals surface area (Å²) < 4.78 is 23.2. The fourth-order valence-corrected chi connectivity index (χ4v) is 5.25. The van der Waals surface area contributed by atoms with Crippen molar-refractivity contribution in [3.63, 3.8) is 0 Å². The summed E-state index contributed by atoms with van der Waals surface area (Å²) in [6, 6.07) is 7.47. The molecule has 7 heteroatoms. The number of rotatable bonds is 2. The third-order valence-electron chi connectivity index (χ3n) is 4.27. The molecule has 0 aliphatic carbocycles. The quantitative estimate of drug-likeness (QED) is 0.861. The molecule has 0 amide bonds. The molecule has 2 aliphatic heterocycles. The molecular formula is C14H19ClN2O3S. The van der Waals surface area contributed by atoms with Gasteiger partial charge in [-0.2, -0.15) is 0 Å². The van der Waals surface area contributed by atoms with Gasteiger partial charge in [-0.25, -0.2) is 8.42 Å². The van der Waals surface area contributed by atoms with E-state index >= 15 is 0 Å². The van der Waals surface area contributed by atoms with Gasteiger partial charge in [0, 0.05) is 26.2 Å². The van der Waals surface area contributed by atoms with Gasteiger partial charge in [0.05, 0.1) is 34.4 Å². The maximum atomic E-state index is 11.6. The van der Waals surface area contributed by atoms with E-state index in [1.54, 1.807) is 0 Å². The van der Waals surface area contributed by atoms with Crippen LogP contribution in [0.4, 0.5) is 5.69 Å². The minimum Gasteiger partial charge on any atom is -0.390 e. The molecule has 0 saturated carbocycles. The molecule has 3 rings (SSSR count). The summed E-state index contributed by atoms with van der Waals surface area (Å²) in [5, 5.41) is 10.7. The Hall–Kier alpha value is -0.820. The molecule has 1 aromatic carbocycles. The molecule has 2 atom stereocenters. The van der Waals surface area contributed by atoms with Gasteiger partial charge >= 0.3 is 0 Å². The first-order valence-corrected chi connectivity index (χ1v) is 9.28. The van der Waals surface area contributed by atoms with Crippen LogP contribution in [0.2, 0.25) is 5.02 Å². The summed E-state index contributed by atoms with van der Waals surface area (Å²) in [6.45, 7) is 3.05. The van der Waals surface area contributed by atoms with Crippen LogP contribution in [0.15, 0.2) is 24.3 Å². The first-order valence-electron chi connectivity index (χ1n) is 7.08. The van der Waals surface area contributed by atoms with Crippen molar-refractivity contribution in [3.05, 3.63) is 29.3 Å². The topological polar surface area (TPSA) is 60.9 Å². The number of hydrogen-bond donors (Lipinski definition) is 1. The van der Waals surface area contributed by atoms with Gasteiger partial charge < -0.3 is 10.0 Å². The third kappa shape index (κ3) is 3.18. The van der Waals surface area contributed by atoms with Crippen LogP contribution in [0.3, 0.4) is 0 Å². The molecule has 2 aliphatic rings. The Morgan fingerprint density at radius 3 is 2.33 bits per heavy atom. The lowest BCUT2D eigenvalue weighted by Crippen LogP contribution is -2.53. The van der Waals surface area contributed by atoms with Gasteiger partial charge in [-0.15, -0.1) is 0 Å². The number of benzene rings is 1. The molecule has 5 nitrogen and oxygen atoms in total. The number of anilines is 1. The molecule has 0 unspecified atom stereocenters. The molecule has 0 spiro atoms. The average molecular weight is 331 g/mol. The van der Waals surface area contributed by atoms with Crippen molar-refractivity contribution in [2.24, 2.45) is 0 Å². The second-order valence-electron chi connectivity index (χ2n) is 5.69. The lowest BCUT2D eigenvalue weighted by Gasteiger charge is -2.39. The van der Waals surface area contributed by atoms with Crippen molar-refractivity contribution in [1.82, 2.24) is 4.90 Å². The van der Waals surface area contributed by atoms with Gasteiger partial charge in [-0.05, 0) is 12.1 Å². The SMILES string of the molecule is O=S1(=O)C[C@@H](O)[C@H](N2CCN(c3ccccc3Cl)CC2)C1. The largest absolute Gasteiger partial charge is 0.390 e. The Morgan fingerprint density at radius 2 is 1.76 bits per heavy atom. The third-order valence-corrected chi connectivity index (χ3v) is 6.29. The molecule has 2 heterocycles. The molecular weight excluding hydrogens is 312 g/mol. The van der Waals surface area contributed by atoms with Crippen LogP contribution in [0, 0.1) is 0 Å². The molecule has 2 saturated heterocycles. The number of sulfone groups is 1. The zero-order chi connectivity index (χ0) is 15.0. The highest BCUT2D eigenvalue weighted by Gasteiger charge is 2.40. The second kappa shape index (κ2) is 5.76. The van der Waals surface area contributed by atoms with Crippen molar-refractivity contribution in [2.45, 2.75) is 12.1 Å². The molecule has 0 radical (unpaired) electrons. The Balaban J connectivity index is 1.65. The Kier molecular flexibility index (Phi) is 4.14. The zero-order valence-corrected chi connectivity index (χ0v) is 13.2. The van der Waals surface area contributed by atoms with Gasteiger partial charge in [0.15, 0.2) is 9.84 Å². The highest BCUT2D eigenvalue weighted by atomic mass is 35.5. The van der Waals surface area contributed by atoms with E-state index in [0.717, 1.165) is 36.9 Å². The van der Waals surface area contributed by atoms with E-state index in [-0.39, 0.29) is 17.5 Å². The van der Waals surface area contributed by atoms with E-state index in [4.69, 9.17) is 11.6 Å². The average Bonchev–Trinajstić information content (AvgIpc) is 2.73. The summed E-state index contributed by atoms with van der Waals surface area (Å²) in [6.07, 6.45) is -0.762. The number of para-hydroxylation sites is 1. The van der Waals surface area contributed by atoms with Crippen molar-refractivity contribution in [1.29, 1.82) is 0 Å². The smallest absolute Gasteiger partial charge is 0.154 e. The predicted molar refractivity (Wildman–Crippen MR) is 83.7 cm³/mol. The van der Waals surface area contributed by atoms with Gasteiger partial charge in [0.1, 0.15) is 0 Å². The van der Waals surface area contributed by atoms with Gasteiger partial charge in [0.2, 0.25) is 0 Å². The summed E-state index contributed by atoms with van der Waals surface area (Å²) in [4.78, 5) is 4.29. The van der Waals surface area contributed by atoms with E-state index in [2.05, 4.69) is 9.80 Å². The van der Waals surface area contributed by atoms with Crippen LogP contribution >= 0.6 is 11.6 Å². The highest BCUT2D eigenvalue weighted by molar-refractivity contribution is 7.91. The van der Waals surface area contributed by atoms with Crippen LogP contribution in [-0.4, -0.2) is 68.3 Å². The molecule has 0 aromatic heterocycles. The van der Waals surface area contributed by atoms with Crippen molar-refractivity contribution in [2.75, 3.05) is 42.6 Å². The van der Waals surface area contributed by atoms with E-state index in [0.29, 0.717) is 0 Å². The van der Waals surface area contributed by atoms with Gasteiger partial charge in [0.25, 0.3) is 0 Å². The molecule has 2 fully saturated rings. The van der Waals surface area contributed by atoms with Crippen molar-refractivity contribution < 1.29 is 13.5 Å². The van der Waals surface area contributed by atoms with E-state index < -0.39 is 15.9 Å². The van der Waals surface area contributed by atoms with E-state index in [1.807, 2.05) is 24.3 Å². The number of aliphatic hydroxyl groups is 1. The number of aliphatic hydroxyl groups excluding tert-OH is 1. The second-order valence-corrected chi connectivity index (χ2v) is 8.25. The predicted octanol–water partition coefficient (Wildman–Crippen LogP) is 0.620. The van der Waals surface area contributed by atoms with E-state index in [9.17, 15) is 13.5 Å². The molecule has 21 heavy (non-hydrogen) atoms. The molecule has 0 bridgehead atoms. The molecule has 1 aromatic rings. The number of halogens is 1. The summed E-state index contributed by atoms with van der Waals surface area (Å²) in [5.74, 6) is -0.0390. The summed E-state index contributed by atoms with van der Waals surface area (Å²) in [5.41, 5.74) is 1.01. The fourth-order valence-electron chi connectivity index (χ4n) is 3.16. The highest BCUT2D eigenvalue weighted by Crippen LogP contribution is 2.27. The minimum atomic E-state index is -3.09. The van der Waals surface area contributed by atoms with Crippen LogP contribution in [0.5, 0.6) is 0 Å². The van der Waals surface area contributed by atoms with E-state index in [1.165, 1.54) is 0 Å². The lowest BCUT2D eigenvalue weighted by molar-refractivity contribution is 0.0793. The number of piperazine rings is 1. The van der Waals surface area contributed by atoms with Crippen LogP contribution in [0.1, 0.15) is 0 Å². The lowest BCUT2D eigenvalue weighted by atomic mass is 10.1. The fraction of sp³-hybridized carbons (Fsp3) is 0.571. The number of hydrogen-bond acceptors (Lipinski definition) is 5. The number of nitrogens with zero attached hydrogens (tertiary/aromatic N) is 2. The van der Waals surface area contributed by atoms with Crippen LogP contribution in [0.25, 0.3) is 0 Å². The molecule has 1 N–H and O–H groups in total. The first kappa shape index (κ1) is 15.1. The van der Waals surface area contributed by atoms with Crippen LogP contribution in [-0.2, 0) is 9.84 Å². The maximum Gasteiger partial charge on any atom is 0.154 e. The van der Waals surface area contributed by atoms with Crippen molar-refractivity contribution >= 4 is 27.1 Å².